The quantitative estimate of drug-likeness (QED) is 0.0242. The molecule has 0 aliphatic carbocycles. The highest BCUT2D eigenvalue weighted by Gasteiger charge is 2.48. The van der Waals surface area contributed by atoms with Gasteiger partial charge in [0.2, 0.25) is 0 Å². The van der Waals surface area contributed by atoms with Crippen molar-refractivity contribution in [2.75, 3.05) is 26.4 Å². The maximum Gasteiger partial charge on any atom is 0.397 e. The number of rotatable bonds is 33. The third-order valence-electron chi connectivity index (χ3n) is 8.89. The monoisotopic (exact) mass is 738 g/mol. The van der Waals surface area contributed by atoms with E-state index in [1.54, 1.807) is 0 Å². The highest BCUT2D eigenvalue weighted by Crippen LogP contribution is 2.26. The summed E-state index contributed by atoms with van der Waals surface area (Å²) in [5, 5.41) is 30.5. The fourth-order valence-electron chi connectivity index (χ4n) is 5.90. The summed E-state index contributed by atoms with van der Waals surface area (Å²) in [5.41, 5.74) is 0. The molecule has 1 fully saturated rings. The zero-order valence-corrected chi connectivity index (χ0v) is 31.8. The van der Waals surface area contributed by atoms with E-state index in [-0.39, 0.29) is 19.6 Å². The first-order chi connectivity index (χ1) is 24.1. The number of ether oxygens (including phenoxy) is 4. The molecule has 0 saturated carbocycles. The van der Waals surface area contributed by atoms with Gasteiger partial charge in [-0.15, -0.1) is 0 Å². The number of hydrogen-bond acceptors (Lipinski definition) is 11. The van der Waals surface area contributed by atoms with Crippen LogP contribution in [0.1, 0.15) is 155 Å². The number of aliphatic hydroxyl groups excluding tert-OH is 3. The summed E-state index contributed by atoms with van der Waals surface area (Å²) in [6.45, 7) is 3.94. The molecule has 0 spiro atoms. The normalized spacial score (nSPS) is 21.9. The van der Waals surface area contributed by atoms with Crippen LogP contribution in [-0.4, -0.2) is 97.5 Å². The van der Waals surface area contributed by atoms with E-state index in [1.807, 2.05) is 0 Å². The largest absolute Gasteiger partial charge is 0.457 e. The number of aliphatic hydroxyl groups is 3. The van der Waals surface area contributed by atoms with Crippen LogP contribution in [0, 0.1) is 0 Å². The van der Waals surface area contributed by atoms with E-state index in [4.69, 9.17) is 23.5 Å². The van der Waals surface area contributed by atoms with Gasteiger partial charge in [0.1, 0.15) is 30.5 Å². The van der Waals surface area contributed by atoms with Gasteiger partial charge in [-0.2, -0.15) is 8.42 Å². The van der Waals surface area contributed by atoms with Crippen molar-refractivity contribution in [1.82, 2.24) is 0 Å². The number of carbonyl (C=O) groups is 1. The summed E-state index contributed by atoms with van der Waals surface area (Å²) in [4.78, 5) is 12.7. The van der Waals surface area contributed by atoms with E-state index in [2.05, 4.69) is 30.2 Å². The van der Waals surface area contributed by atoms with Crippen molar-refractivity contribution in [3.8, 4) is 0 Å². The summed E-state index contributed by atoms with van der Waals surface area (Å²) >= 11 is 0. The summed E-state index contributed by atoms with van der Waals surface area (Å²) in [5.74, 6) is -0.409. The van der Waals surface area contributed by atoms with Crippen LogP contribution in [0.15, 0.2) is 12.2 Å². The van der Waals surface area contributed by atoms with Crippen molar-refractivity contribution < 1.29 is 56.2 Å². The van der Waals surface area contributed by atoms with Gasteiger partial charge < -0.3 is 34.3 Å². The van der Waals surface area contributed by atoms with Crippen LogP contribution in [0.2, 0.25) is 0 Å². The van der Waals surface area contributed by atoms with Gasteiger partial charge in [0, 0.05) is 13.0 Å². The lowest BCUT2D eigenvalue weighted by molar-refractivity contribution is -0.301. The van der Waals surface area contributed by atoms with Crippen LogP contribution in [0.4, 0.5) is 0 Å². The van der Waals surface area contributed by atoms with Crippen molar-refractivity contribution in [2.45, 2.75) is 192 Å². The molecule has 12 nitrogen and oxygen atoms in total. The predicted octanol–water partition coefficient (Wildman–Crippen LogP) is 6.74. The molecule has 0 aromatic heterocycles. The second kappa shape index (κ2) is 30.3. The zero-order valence-electron chi connectivity index (χ0n) is 31.0. The topological polar surface area (TPSA) is 178 Å². The lowest BCUT2D eigenvalue weighted by Crippen LogP contribution is -2.60. The number of hydrogen-bond donors (Lipinski definition) is 4. The second-order valence-corrected chi connectivity index (χ2v) is 14.6. The Kier molecular flexibility index (Phi) is 28.4. The van der Waals surface area contributed by atoms with E-state index < -0.39 is 59.8 Å². The van der Waals surface area contributed by atoms with Gasteiger partial charge in [0.25, 0.3) is 0 Å². The molecule has 4 N–H and O–H groups in total. The molecule has 13 heteroatoms. The minimum Gasteiger partial charge on any atom is -0.457 e. The molecule has 50 heavy (non-hydrogen) atoms. The molecule has 1 heterocycles. The Bertz CT molecular complexity index is 947. The van der Waals surface area contributed by atoms with Gasteiger partial charge in [-0.25, -0.2) is 4.18 Å². The van der Waals surface area contributed by atoms with Gasteiger partial charge in [-0.3, -0.25) is 9.35 Å². The van der Waals surface area contributed by atoms with Gasteiger partial charge in [0.15, 0.2) is 6.29 Å². The van der Waals surface area contributed by atoms with Crippen molar-refractivity contribution in [3.63, 3.8) is 0 Å². The van der Waals surface area contributed by atoms with E-state index >= 15 is 0 Å². The molecule has 0 bridgehead atoms. The zero-order chi connectivity index (χ0) is 36.9. The number of esters is 1. The molecule has 0 amide bonds. The summed E-state index contributed by atoms with van der Waals surface area (Å²) in [7, 11) is -5.05. The average Bonchev–Trinajstić information content (AvgIpc) is 3.08. The fourth-order valence-corrected chi connectivity index (χ4v) is 6.41. The maximum absolute atomic E-state index is 12.7. The summed E-state index contributed by atoms with van der Waals surface area (Å²) < 4.78 is 58.7. The summed E-state index contributed by atoms with van der Waals surface area (Å²) in [6, 6.07) is 0. The fraction of sp³-hybridized carbons (Fsp3) is 0.919. The van der Waals surface area contributed by atoms with E-state index in [1.165, 1.54) is 70.6 Å². The molecule has 0 aromatic rings. The van der Waals surface area contributed by atoms with Crippen molar-refractivity contribution >= 4 is 16.4 Å². The van der Waals surface area contributed by atoms with Crippen LogP contribution in [0.5, 0.6) is 0 Å². The van der Waals surface area contributed by atoms with E-state index in [9.17, 15) is 28.5 Å². The lowest BCUT2D eigenvalue weighted by Gasteiger charge is -2.41. The first kappa shape index (κ1) is 46.9. The second-order valence-electron chi connectivity index (χ2n) is 13.5. The minimum atomic E-state index is -5.05. The highest BCUT2D eigenvalue weighted by atomic mass is 32.3. The van der Waals surface area contributed by atoms with Gasteiger partial charge >= 0.3 is 16.4 Å². The Morgan fingerprint density at radius 1 is 0.740 bits per heavy atom. The smallest absolute Gasteiger partial charge is 0.397 e. The molecule has 6 atom stereocenters. The van der Waals surface area contributed by atoms with Gasteiger partial charge in [-0.05, 0) is 38.5 Å². The van der Waals surface area contributed by atoms with Crippen LogP contribution < -0.4 is 0 Å². The molecule has 1 aliphatic rings. The Hall–Kier alpha value is -1.16. The minimum absolute atomic E-state index is 0.0368. The molecular formula is C37H70O12S. The van der Waals surface area contributed by atoms with Gasteiger partial charge in [-0.1, -0.05) is 122 Å². The number of unbranched alkanes of at least 4 members (excludes halogenated alkanes) is 18. The van der Waals surface area contributed by atoms with Crippen molar-refractivity contribution in [1.29, 1.82) is 0 Å². The molecule has 1 saturated heterocycles. The molecular weight excluding hydrogens is 668 g/mol. The molecule has 296 valence electrons. The lowest BCUT2D eigenvalue weighted by atomic mass is 9.99. The van der Waals surface area contributed by atoms with Gasteiger partial charge in [0.05, 0.1) is 19.8 Å². The van der Waals surface area contributed by atoms with Crippen LogP contribution in [-0.2, 0) is 38.3 Å². The molecule has 0 radical (unpaired) electrons. The first-order valence-electron chi connectivity index (χ1n) is 19.4. The first-order valence-corrected chi connectivity index (χ1v) is 20.8. The number of allylic oxidation sites excluding steroid dienone is 2. The Balaban J connectivity index is 2.52. The standard InChI is InChI=1S/C37H70O12S/c1-3-5-7-9-11-13-15-16-17-18-20-22-24-26-33(39)47-31(29-45-27-25-23-21-19-14-12-10-8-6-4-2)30-46-37-35(41)36(49-50(42,43)44)34(40)32(28-38)48-37/h13,15,31-32,34-38,40-41H,3-12,14,16-30H2,1-2H3,(H,42,43,44)/b15-13-. The summed E-state index contributed by atoms with van der Waals surface area (Å²) in [6.07, 6.45) is 19.7. The van der Waals surface area contributed by atoms with Crippen molar-refractivity contribution in [2.24, 2.45) is 0 Å². The van der Waals surface area contributed by atoms with Crippen LogP contribution >= 0.6 is 0 Å². The molecule has 1 aliphatic heterocycles. The van der Waals surface area contributed by atoms with Crippen LogP contribution in [0.3, 0.4) is 0 Å². The van der Waals surface area contributed by atoms with E-state index in [0.29, 0.717) is 13.0 Å². The Labute approximate surface area is 302 Å². The molecule has 1 rings (SSSR count). The molecule has 6 unspecified atom stereocenters. The predicted molar refractivity (Wildman–Crippen MR) is 193 cm³/mol. The third-order valence-corrected chi connectivity index (χ3v) is 9.35. The third kappa shape index (κ3) is 24.2. The number of carbonyl (C=O) groups excluding carboxylic acids is 1. The SMILES string of the molecule is CCCCCC/C=C\CCCCCCCC(=O)OC(COCCCCCCCCCCCC)COC1OC(CO)C(O)C(OS(=O)(=O)O)C1O. The van der Waals surface area contributed by atoms with Crippen molar-refractivity contribution in [3.05, 3.63) is 12.2 Å². The van der Waals surface area contributed by atoms with Crippen LogP contribution in [0.25, 0.3) is 0 Å². The Morgan fingerprint density at radius 2 is 1.26 bits per heavy atom. The average molecular weight is 739 g/mol. The maximum atomic E-state index is 12.7. The molecule has 0 aromatic carbocycles. The highest BCUT2D eigenvalue weighted by molar-refractivity contribution is 7.80. The Morgan fingerprint density at radius 3 is 1.82 bits per heavy atom. The van der Waals surface area contributed by atoms with E-state index in [0.717, 1.165) is 57.8 Å².